The molecule has 4 nitrogen and oxygen atoms in total. The molecule has 0 atom stereocenters. The molecule has 1 saturated heterocycles. The molecule has 4 heteroatoms. The Bertz CT molecular complexity index is 685. The summed E-state index contributed by atoms with van der Waals surface area (Å²) >= 11 is 0. The first-order valence-electron chi connectivity index (χ1n) is 7.18. The predicted octanol–water partition coefficient (Wildman–Crippen LogP) is 2.66. The Hall–Kier alpha value is -2.09. The number of aliphatic hydroxyl groups is 1. The molecule has 0 amide bonds. The van der Waals surface area contributed by atoms with Gasteiger partial charge in [-0.1, -0.05) is 24.3 Å². The van der Waals surface area contributed by atoms with E-state index in [0.29, 0.717) is 38.2 Å². The van der Waals surface area contributed by atoms with Gasteiger partial charge in [-0.2, -0.15) is 5.26 Å². The zero-order valence-electron chi connectivity index (χ0n) is 11.8. The molecular formula is C17H18N2O2. The summed E-state index contributed by atoms with van der Waals surface area (Å²) in [6.45, 7) is 1.70. The van der Waals surface area contributed by atoms with Crippen molar-refractivity contribution in [3.63, 3.8) is 0 Å². The Balaban J connectivity index is 1.86. The molecule has 21 heavy (non-hydrogen) atoms. The van der Waals surface area contributed by atoms with Crippen LogP contribution >= 0.6 is 0 Å². The van der Waals surface area contributed by atoms with E-state index in [1.54, 1.807) is 0 Å². The lowest BCUT2D eigenvalue weighted by Crippen LogP contribution is -2.42. The Kier molecular flexibility index (Phi) is 3.78. The molecule has 0 radical (unpaired) electrons. The lowest BCUT2D eigenvalue weighted by molar-refractivity contribution is -0.0543. The van der Waals surface area contributed by atoms with Crippen molar-refractivity contribution >= 4 is 16.5 Å². The van der Waals surface area contributed by atoms with Crippen molar-refractivity contribution < 1.29 is 9.84 Å². The molecule has 2 N–H and O–H groups in total. The van der Waals surface area contributed by atoms with Gasteiger partial charge < -0.3 is 15.2 Å². The van der Waals surface area contributed by atoms with Gasteiger partial charge >= 0.3 is 0 Å². The molecule has 0 unspecified atom stereocenters. The van der Waals surface area contributed by atoms with Crippen LogP contribution in [0.15, 0.2) is 36.4 Å². The van der Waals surface area contributed by atoms with Crippen molar-refractivity contribution in [2.24, 2.45) is 0 Å². The first-order chi connectivity index (χ1) is 10.2. The fourth-order valence-electron chi connectivity index (χ4n) is 2.74. The van der Waals surface area contributed by atoms with E-state index < -0.39 is 5.60 Å². The molecule has 1 aliphatic heterocycles. The van der Waals surface area contributed by atoms with Crippen molar-refractivity contribution in [2.75, 3.05) is 25.1 Å². The number of rotatable bonds is 3. The summed E-state index contributed by atoms with van der Waals surface area (Å²) in [5.74, 6) is 0. The van der Waals surface area contributed by atoms with Crippen molar-refractivity contribution in [2.45, 2.75) is 18.4 Å². The maximum absolute atomic E-state index is 10.5. The van der Waals surface area contributed by atoms with Crippen molar-refractivity contribution in [1.82, 2.24) is 0 Å². The van der Waals surface area contributed by atoms with Crippen LogP contribution in [-0.2, 0) is 4.74 Å². The topological polar surface area (TPSA) is 65.3 Å². The van der Waals surface area contributed by atoms with Crippen LogP contribution in [0.5, 0.6) is 0 Å². The maximum atomic E-state index is 10.5. The third-order valence-electron chi connectivity index (χ3n) is 4.08. The minimum atomic E-state index is -0.715. The predicted molar refractivity (Wildman–Crippen MR) is 82.2 cm³/mol. The summed E-state index contributed by atoms with van der Waals surface area (Å²) in [6.07, 6.45) is 1.29. The molecule has 1 fully saturated rings. The van der Waals surface area contributed by atoms with E-state index in [9.17, 15) is 10.4 Å². The molecule has 2 aromatic rings. The minimum absolute atomic E-state index is 0.492. The molecule has 1 aliphatic rings. The second-order valence-electron chi connectivity index (χ2n) is 5.51. The van der Waals surface area contributed by atoms with E-state index in [0.717, 1.165) is 16.5 Å². The standard InChI is InChI=1S/C17H18N2O2/c18-11-13-5-6-16(15-4-2-1-3-14(13)15)19-12-17(20)7-9-21-10-8-17/h1-6,19-20H,7-10,12H2. The number of nitrogens with zero attached hydrogens (tertiary/aromatic N) is 1. The Morgan fingerprint density at radius 3 is 2.57 bits per heavy atom. The summed E-state index contributed by atoms with van der Waals surface area (Å²) in [5.41, 5.74) is 0.901. The molecule has 0 aromatic heterocycles. The highest BCUT2D eigenvalue weighted by Crippen LogP contribution is 2.28. The quantitative estimate of drug-likeness (QED) is 0.908. The van der Waals surface area contributed by atoms with Crippen LogP contribution in [0.2, 0.25) is 0 Å². The van der Waals surface area contributed by atoms with E-state index in [-0.39, 0.29) is 0 Å². The minimum Gasteiger partial charge on any atom is -0.388 e. The van der Waals surface area contributed by atoms with Gasteiger partial charge in [-0.3, -0.25) is 0 Å². The van der Waals surface area contributed by atoms with Crippen molar-refractivity contribution in [1.29, 1.82) is 5.26 Å². The zero-order valence-corrected chi connectivity index (χ0v) is 11.8. The van der Waals surface area contributed by atoms with Gasteiger partial charge in [0.15, 0.2) is 0 Å². The van der Waals surface area contributed by atoms with Crippen molar-refractivity contribution in [3.8, 4) is 6.07 Å². The third kappa shape index (κ3) is 2.85. The fraction of sp³-hybridized carbons (Fsp3) is 0.353. The van der Waals surface area contributed by atoms with E-state index in [1.807, 2.05) is 36.4 Å². The van der Waals surface area contributed by atoms with Gasteiger partial charge in [0.1, 0.15) is 0 Å². The molecule has 0 saturated carbocycles. The van der Waals surface area contributed by atoms with Crippen molar-refractivity contribution in [3.05, 3.63) is 42.0 Å². The summed E-state index contributed by atoms with van der Waals surface area (Å²) in [6, 6.07) is 13.8. The number of hydrogen-bond acceptors (Lipinski definition) is 4. The Labute approximate surface area is 124 Å². The number of hydrogen-bond donors (Lipinski definition) is 2. The van der Waals surface area contributed by atoms with E-state index in [1.165, 1.54) is 0 Å². The van der Waals surface area contributed by atoms with Gasteiger partial charge in [-0.25, -0.2) is 0 Å². The van der Waals surface area contributed by atoms with E-state index >= 15 is 0 Å². The number of anilines is 1. The third-order valence-corrected chi connectivity index (χ3v) is 4.08. The first kappa shape index (κ1) is 13.9. The number of benzene rings is 2. The molecular weight excluding hydrogens is 264 g/mol. The first-order valence-corrected chi connectivity index (χ1v) is 7.18. The molecule has 3 rings (SSSR count). The number of ether oxygens (including phenoxy) is 1. The second-order valence-corrected chi connectivity index (χ2v) is 5.51. The highest BCUT2D eigenvalue weighted by molar-refractivity contribution is 5.97. The van der Waals surface area contributed by atoms with Gasteiger partial charge in [-0.05, 0) is 12.1 Å². The highest BCUT2D eigenvalue weighted by atomic mass is 16.5. The molecule has 0 spiro atoms. The van der Waals surface area contributed by atoms with E-state index in [4.69, 9.17) is 4.74 Å². The Morgan fingerprint density at radius 2 is 1.86 bits per heavy atom. The summed E-state index contributed by atoms with van der Waals surface area (Å²) < 4.78 is 5.29. The lowest BCUT2D eigenvalue weighted by Gasteiger charge is -2.32. The molecule has 1 heterocycles. The van der Waals surface area contributed by atoms with Gasteiger partial charge in [0, 0.05) is 49.1 Å². The van der Waals surface area contributed by atoms with Crippen LogP contribution in [0, 0.1) is 11.3 Å². The average molecular weight is 282 g/mol. The number of fused-ring (bicyclic) bond motifs is 1. The zero-order chi connectivity index (χ0) is 14.7. The molecule has 0 bridgehead atoms. The SMILES string of the molecule is N#Cc1ccc(NCC2(O)CCOCC2)c2ccccc12. The summed E-state index contributed by atoms with van der Waals surface area (Å²) in [5, 5.41) is 25.0. The largest absolute Gasteiger partial charge is 0.388 e. The van der Waals surface area contributed by atoms with Gasteiger partial charge in [0.05, 0.1) is 17.2 Å². The van der Waals surface area contributed by atoms with E-state index in [2.05, 4.69) is 11.4 Å². The van der Waals surface area contributed by atoms with Crippen LogP contribution in [0.25, 0.3) is 10.8 Å². The van der Waals surface area contributed by atoms with Gasteiger partial charge in [0.25, 0.3) is 0 Å². The monoisotopic (exact) mass is 282 g/mol. The molecule has 0 aliphatic carbocycles. The lowest BCUT2D eigenvalue weighted by atomic mass is 9.94. The maximum Gasteiger partial charge on any atom is 0.0998 e. The molecule has 2 aromatic carbocycles. The van der Waals surface area contributed by atoms with Crippen LogP contribution in [0.1, 0.15) is 18.4 Å². The van der Waals surface area contributed by atoms with Gasteiger partial charge in [-0.15, -0.1) is 0 Å². The fourth-order valence-corrected chi connectivity index (χ4v) is 2.74. The number of nitrogens with one attached hydrogen (secondary N) is 1. The smallest absolute Gasteiger partial charge is 0.0998 e. The van der Waals surface area contributed by atoms with Crippen LogP contribution in [-0.4, -0.2) is 30.5 Å². The highest BCUT2D eigenvalue weighted by Gasteiger charge is 2.29. The van der Waals surface area contributed by atoms with Crippen LogP contribution in [0.3, 0.4) is 0 Å². The summed E-state index contributed by atoms with van der Waals surface area (Å²) in [4.78, 5) is 0. The molecule has 108 valence electrons. The Morgan fingerprint density at radius 1 is 1.14 bits per heavy atom. The van der Waals surface area contributed by atoms with Crippen LogP contribution < -0.4 is 5.32 Å². The normalized spacial score (nSPS) is 17.3. The second kappa shape index (κ2) is 5.72. The van der Waals surface area contributed by atoms with Gasteiger partial charge in [0.2, 0.25) is 0 Å². The summed E-state index contributed by atoms with van der Waals surface area (Å²) in [7, 11) is 0. The number of nitriles is 1. The van der Waals surface area contributed by atoms with Crippen LogP contribution in [0.4, 0.5) is 5.69 Å². The average Bonchev–Trinajstić information content (AvgIpc) is 2.53.